The molecular formula is C6H11IN2. The number of hydrogen-bond acceptors (Lipinski definition) is 2. The maximum atomic E-state index is 3.93. The van der Waals surface area contributed by atoms with Crippen LogP contribution in [0, 0.1) is 0 Å². The normalized spacial score (nSPS) is 20.2. The first-order valence-corrected chi connectivity index (χ1v) is 4.79. The van der Waals surface area contributed by atoms with Gasteiger partial charge in [0, 0.05) is 0 Å². The number of halogens is 1. The van der Waals surface area contributed by atoms with Crippen molar-refractivity contribution in [3.8, 4) is 0 Å². The lowest BCUT2D eigenvalue weighted by Gasteiger charge is -1.99. The van der Waals surface area contributed by atoms with Gasteiger partial charge in [0.2, 0.25) is 0 Å². The van der Waals surface area contributed by atoms with Gasteiger partial charge in [0.25, 0.3) is 0 Å². The molecule has 0 saturated heterocycles. The summed E-state index contributed by atoms with van der Waals surface area (Å²) in [5, 5.41) is 7.86. The molecule has 1 aliphatic rings. The van der Waals surface area contributed by atoms with Crippen LogP contribution >= 0.6 is 22.6 Å². The van der Waals surface area contributed by atoms with Gasteiger partial charge in [-0.2, -0.15) is 10.2 Å². The lowest BCUT2D eigenvalue weighted by molar-refractivity contribution is 0.565. The first-order chi connectivity index (χ1) is 4.27. The van der Waals surface area contributed by atoms with Crippen molar-refractivity contribution >= 4 is 22.6 Å². The first kappa shape index (κ1) is 7.44. The van der Waals surface area contributed by atoms with Gasteiger partial charge in [-0.25, -0.2) is 0 Å². The van der Waals surface area contributed by atoms with Gasteiger partial charge < -0.3 is 0 Å². The van der Waals surface area contributed by atoms with Crippen LogP contribution in [0.3, 0.4) is 0 Å². The highest BCUT2D eigenvalue weighted by molar-refractivity contribution is 14.1. The Bertz CT molecular complexity index is 116. The third-order valence-electron chi connectivity index (χ3n) is 1.48. The van der Waals surface area contributed by atoms with Crippen LogP contribution < -0.4 is 0 Å². The first-order valence-electron chi connectivity index (χ1n) is 3.27. The van der Waals surface area contributed by atoms with E-state index in [1.165, 1.54) is 17.3 Å². The van der Waals surface area contributed by atoms with Crippen LogP contribution in [0.5, 0.6) is 0 Å². The molecule has 2 nitrogen and oxygen atoms in total. The summed E-state index contributed by atoms with van der Waals surface area (Å²) in [6, 6.07) is 0. The Balaban J connectivity index is 1.93. The molecule has 1 aliphatic heterocycles. The molecule has 0 aliphatic carbocycles. The molecule has 52 valence electrons. The maximum Gasteiger partial charge on any atom is 0.188 e. The zero-order valence-corrected chi connectivity index (χ0v) is 7.76. The van der Waals surface area contributed by atoms with E-state index < -0.39 is 0 Å². The van der Waals surface area contributed by atoms with Crippen LogP contribution in [-0.2, 0) is 0 Å². The second-order valence-corrected chi connectivity index (χ2v) is 3.64. The molecule has 0 radical (unpaired) electrons. The second kappa shape index (κ2) is 2.94. The van der Waals surface area contributed by atoms with E-state index in [0.717, 1.165) is 6.42 Å². The monoisotopic (exact) mass is 238 g/mol. The van der Waals surface area contributed by atoms with Crippen molar-refractivity contribution in [2.45, 2.75) is 31.8 Å². The largest absolute Gasteiger partial charge is 0.188 e. The lowest BCUT2D eigenvalue weighted by Crippen LogP contribution is -2.02. The molecule has 0 fully saturated rings. The van der Waals surface area contributed by atoms with Crippen molar-refractivity contribution in [1.29, 1.82) is 0 Å². The van der Waals surface area contributed by atoms with Gasteiger partial charge in [0.15, 0.2) is 5.66 Å². The van der Waals surface area contributed by atoms with Crippen molar-refractivity contribution in [2.75, 3.05) is 4.43 Å². The minimum Gasteiger partial charge on any atom is -0.159 e. The molecule has 0 unspecified atom stereocenters. The number of hydrogen-bond donors (Lipinski definition) is 0. The zero-order chi connectivity index (χ0) is 6.74. The average molecular weight is 238 g/mol. The number of alkyl halides is 1. The fourth-order valence-electron chi connectivity index (χ4n) is 0.740. The van der Waals surface area contributed by atoms with Crippen molar-refractivity contribution < 1.29 is 0 Å². The molecule has 0 spiro atoms. The molecule has 0 aromatic carbocycles. The number of unbranched alkanes of at least 4 members (excludes halogenated alkanes) is 1. The van der Waals surface area contributed by atoms with E-state index in [9.17, 15) is 0 Å². The van der Waals surface area contributed by atoms with E-state index in [2.05, 4.69) is 39.7 Å². The SMILES string of the molecule is CC1(CCCCI)N=N1. The summed E-state index contributed by atoms with van der Waals surface area (Å²) < 4.78 is 1.26. The third kappa shape index (κ3) is 2.60. The van der Waals surface area contributed by atoms with Gasteiger partial charge in [-0.1, -0.05) is 22.6 Å². The summed E-state index contributed by atoms with van der Waals surface area (Å²) in [6.45, 7) is 2.08. The van der Waals surface area contributed by atoms with Gasteiger partial charge in [-0.3, -0.25) is 0 Å². The molecule has 3 heteroatoms. The zero-order valence-electron chi connectivity index (χ0n) is 5.60. The standard InChI is InChI=1S/C6H11IN2/c1-6(8-9-6)4-2-3-5-7/h2-5H2,1H3. The van der Waals surface area contributed by atoms with Crippen LogP contribution in [-0.4, -0.2) is 10.1 Å². The van der Waals surface area contributed by atoms with E-state index in [-0.39, 0.29) is 5.66 Å². The molecule has 9 heavy (non-hydrogen) atoms. The Kier molecular flexibility index (Phi) is 2.43. The topological polar surface area (TPSA) is 24.7 Å². The third-order valence-corrected chi connectivity index (χ3v) is 2.24. The van der Waals surface area contributed by atoms with E-state index in [4.69, 9.17) is 0 Å². The number of rotatable bonds is 4. The molecule has 0 saturated carbocycles. The summed E-state index contributed by atoms with van der Waals surface area (Å²) in [6.07, 6.45) is 3.73. The minimum absolute atomic E-state index is 0.0474. The molecule has 0 bridgehead atoms. The van der Waals surface area contributed by atoms with Gasteiger partial charge in [-0.05, 0) is 30.6 Å². The summed E-state index contributed by atoms with van der Waals surface area (Å²) in [5.41, 5.74) is 0.0474. The van der Waals surface area contributed by atoms with Gasteiger partial charge in [0.1, 0.15) is 0 Å². The molecule has 0 aromatic rings. The van der Waals surface area contributed by atoms with Crippen molar-refractivity contribution in [3.05, 3.63) is 0 Å². The van der Waals surface area contributed by atoms with Crippen molar-refractivity contribution in [1.82, 2.24) is 0 Å². The van der Waals surface area contributed by atoms with Crippen LogP contribution in [0.15, 0.2) is 10.2 Å². The van der Waals surface area contributed by atoms with Crippen LogP contribution in [0.4, 0.5) is 0 Å². The van der Waals surface area contributed by atoms with Gasteiger partial charge >= 0.3 is 0 Å². The Morgan fingerprint density at radius 1 is 1.33 bits per heavy atom. The Hall–Kier alpha value is 0.330. The summed E-state index contributed by atoms with van der Waals surface area (Å²) in [4.78, 5) is 0. The Morgan fingerprint density at radius 2 is 2.00 bits per heavy atom. The van der Waals surface area contributed by atoms with Crippen LogP contribution in [0.25, 0.3) is 0 Å². The highest BCUT2D eigenvalue weighted by Crippen LogP contribution is 2.32. The number of nitrogens with zero attached hydrogens (tertiary/aromatic N) is 2. The molecule has 0 aromatic heterocycles. The van der Waals surface area contributed by atoms with E-state index in [1.807, 2.05) is 0 Å². The highest BCUT2D eigenvalue weighted by atomic mass is 127. The van der Waals surface area contributed by atoms with E-state index in [1.54, 1.807) is 0 Å². The van der Waals surface area contributed by atoms with Gasteiger partial charge in [0.05, 0.1) is 0 Å². The van der Waals surface area contributed by atoms with E-state index in [0.29, 0.717) is 0 Å². The quantitative estimate of drug-likeness (QED) is 0.408. The molecular weight excluding hydrogens is 227 g/mol. The predicted octanol–water partition coefficient (Wildman–Crippen LogP) is 2.77. The molecule has 0 amide bonds. The molecule has 1 rings (SSSR count). The van der Waals surface area contributed by atoms with Crippen molar-refractivity contribution in [3.63, 3.8) is 0 Å². The maximum absolute atomic E-state index is 3.93. The lowest BCUT2D eigenvalue weighted by atomic mass is 10.1. The summed E-state index contributed by atoms with van der Waals surface area (Å²) in [5.74, 6) is 0. The Morgan fingerprint density at radius 3 is 2.44 bits per heavy atom. The summed E-state index contributed by atoms with van der Waals surface area (Å²) >= 11 is 2.40. The highest BCUT2D eigenvalue weighted by Gasteiger charge is 2.32. The summed E-state index contributed by atoms with van der Waals surface area (Å²) in [7, 11) is 0. The van der Waals surface area contributed by atoms with Crippen molar-refractivity contribution in [2.24, 2.45) is 10.2 Å². The Labute approximate surface area is 69.3 Å². The average Bonchev–Trinajstić information content (AvgIpc) is 2.50. The predicted molar refractivity (Wildman–Crippen MR) is 46.0 cm³/mol. The fourth-order valence-corrected chi connectivity index (χ4v) is 1.28. The van der Waals surface area contributed by atoms with Gasteiger partial charge in [-0.15, -0.1) is 0 Å². The van der Waals surface area contributed by atoms with Crippen LogP contribution in [0.1, 0.15) is 26.2 Å². The van der Waals surface area contributed by atoms with E-state index >= 15 is 0 Å². The van der Waals surface area contributed by atoms with Crippen LogP contribution in [0.2, 0.25) is 0 Å². The fraction of sp³-hybridized carbons (Fsp3) is 1.00. The molecule has 0 atom stereocenters. The smallest absolute Gasteiger partial charge is 0.159 e. The molecule has 0 N–H and O–H groups in total. The second-order valence-electron chi connectivity index (χ2n) is 2.56. The minimum atomic E-state index is 0.0474. The molecule has 1 heterocycles.